The predicted molar refractivity (Wildman–Crippen MR) is 69.9 cm³/mol. The van der Waals surface area contributed by atoms with Crippen LogP contribution >= 0.6 is 0 Å². The van der Waals surface area contributed by atoms with Gasteiger partial charge in [-0.25, -0.2) is 0 Å². The summed E-state index contributed by atoms with van der Waals surface area (Å²) in [5, 5.41) is 10.2. The molecule has 1 aromatic carbocycles. The maximum Gasteiger partial charge on any atom is 0.204 e. The number of hydrogen-bond acceptors (Lipinski definition) is 2. The molecule has 0 spiro atoms. The summed E-state index contributed by atoms with van der Waals surface area (Å²) in [6, 6.07) is 8.50. The first kappa shape index (κ1) is 13.7. The number of unbranched alkanes of at least 4 members (excludes halogenated alkanes) is 2. The average molecular weight is 235 g/mol. The number of nitro groups is 1. The van der Waals surface area contributed by atoms with Gasteiger partial charge in [0, 0.05) is 11.3 Å². The van der Waals surface area contributed by atoms with Crippen molar-refractivity contribution in [3.63, 3.8) is 0 Å². The van der Waals surface area contributed by atoms with Crippen LogP contribution in [0.15, 0.2) is 24.3 Å². The maximum absolute atomic E-state index is 10.2. The molecule has 0 heterocycles. The molecule has 0 radical (unpaired) electrons. The molecular weight excluding hydrogens is 214 g/mol. The van der Waals surface area contributed by atoms with Crippen LogP contribution in [0.5, 0.6) is 0 Å². The Bertz CT molecular complexity index is 333. The van der Waals surface area contributed by atoms with Crippen molar-refractivity contribution in [3.8, 4) is 0 Å². The van der Waals surface area contributed by atoms with Gasteiger partial charge in [0.15, 0.2) is 0 Å². The largest absolute Gasteiger partial charge is 0.265 e. The van der Waals surface area contributed by atoms with Gasteiger partial charge in [0.2, 0.25) is 6.54 Å². The predicted octanol–water partition coefficient (Wildman–Crippen LogP) is 3.63. The van der Waals surface area contributed by atoms with Gasteiger partial charge in [0.05, 0.1) is 0 Å². The van der Waals surface area contributed by atoms with Crippen LogP contribution in [0.2, 0.25) is 0 Å². The molecule has 0 fully saturated rings. The number of benzene rings is 1. The maximum atomic E-state index is 10.2. The Labute approximate surface area is 103 Å². The molecule has 1 aromatic rings. The fraction of sp³-hybridized carbons (Fsp3) is 0.571. The minimum atomic E-state index is -0.251. The van der Waals surface area contributed by atoms with Gasteiger partial charge >= 0.3 is 0 Å². The van der Waals surface area contributed by atoms with Crippen molar-refractivity contribution in [1.82, 2.24) is 0 Å². The van der Waals surface area contributed by atoms with E-state index in [0.717, 1.165) is 12.8 Å². The Morgan fingerprint density at radius 1 is 1.00 bits per heavy atom. The molecule has 0 unspecified atom stereocenters. The Kier molecular flexibility index (Phi) is 6.30. The first-order valence-corrected chi connectivity index (χ1v) is 6.42. The molecule has 1 rings (SSSR count). The van der Waals surface area contributed by atoms with Crippen LogP contribution in [0, 0.1) is 10.1 Å². The van der Waals surface area contributed by atoms with Crippen LogP contribution < -0.4 is 0 Å². The number of rotatable bonds is 8. The summed E-state index contributed by atoms with van der Waals surface area (Å²) in [5.74, 6) is 0. The van der Waals surface area contributed by atoms with Crippen LogP contribution in [0.3, 0.4) is 0 Å². The second-order valence-electron chi connectivity index (χ2n) is 4.43. The molecule has 0 aliphatic rings. The topological polar surface area (TPSA) is 43.1 Å². The molecule has 17 heavy (non-hydrogen) atoms. The van der Waals surface area contributed by atoms with Crippen LogP contribution in [0.4, 0.5) is 0 Å². The van der Waals surface area contributed by atoms with Gasteiger partial charge in [0.1, 0.15) is 0 Å². The van der Waals surface area contributed by atoms with E-state index in [9.17, 15) is 10.1 Å². The second kappa shape index (κ2) is 7.82. The zero-order chi connectivity index (χ0) is 12.5. The molecule has 0 N–H and O–H groups in total. The summed E-state index contributed by atoms with van der Waals surface area (Å²) in [6.45, 7) is 2.27. The lowest BCUT2D eigenvalue weighted by molar-refractivity contribution is -0.480. The monoisotopic (exact) mass is 235 g/mol. The van der Waals surface area contributed by atoms with Gasteiger partial charge in [0.25, 0.3) is 0 Å². The molecule has 0 amide bonds. The molecule has 0 saturated carbocycles. The van der Waals surface area contributed by atoms with Gasteiger partial charge < -0.3 is 0 Å². The lowest BCUT2D eigenvalue weighted by Crippen LogP contribution is -2.01. The third-order valence-corrected chi connectivity index (χ3v) is 2.90. The summed E-state index contributed by atoms with van der Waals surface area (Å²) in [7, 11) is 0. The van der Waals surface area contributed by atoms with E-state index in [1.165, 1.54) is 30.4 Å². The molecule has 3 nitrogen and oxygen atoms in total. The zero-order valence-electron chi connectivity index (χ0n) is 10.5. The molecular formula is C14H21NO2. The summed E-state index contributed by atoms with van der Waals surface area (Å²) >= 11 is 0. The summed E-state index contributed by atoms with van der Waals surface area (Å²) < 4.78 is 0. The molecule has 0 saturated heterocycles. The van der Waals surface area contributed by atoms with E-state index in [2.05, 4.69) is 31.2 Å². The van der Waals surface area contributed by atoms with Crippen LogP contribution in [0.25, 0.3) is 0 Å². The molecule has 3 heteroatoms. The zero-order valence-corrected chi connectivity index (χ0v) is 10.5. The highest BCUT2D eigenvalue weighted by atomic mass is 16.6. The third-order valence-electron chi connectivity index (χ3n) is 2.90. The smallest absolute Gasteiger partial charge is 0.204 e. The summed E-state index contributed by atoms with van der Waals surface area (Å²) in [4.78, 5) is 9.95. The molecule has 0 bridgehead atoms. The van der Waals surface area contributed by atoms with Crippen molar-refractivity contribution >= 4 is 0 Å². The number of aryl methyl sites for hydroxylation is 2. The lowest BCUT2D eigenvalue weighted by Gasteiger charge is -2.03. The fourth-order valence-electron chi connectivity index (χ4n) is 1.86. The van der Waals surface area contributed by atoms with Crippen molar-refractivity contribution in [2.24, 2.45) is 0 Å². The van der Waals surface area contributed by atoms with Crippen molar-refractivity contribution in [3.05, 3.63) is 45.5 Å². The average Bonchev–Trinajstić information content (AvgIpc) is 2.31. The van der Waals surface area contributed by atoms with Crippen molar-refractivity contribution in [2.45, 2.75) is 45.4 Å². The van der Waals surface area contributed by atoms with Crippen LogP contribution in [-0.2, 0) is 12.8 Å². The first-order valence-electron chi connectivity index (χ1n) is 6.42. The Hall–Kier alpha value is -1.38. The lowest BCUT2D eigenvalue weighted by atomic mass is 10.0. The minimum Gasteiger partial charge on any atom is -0.265 e. The van der Waals surface area contributed by atoms with Gasteiger partial charge in [-0.1, -0.05) is 44.0 Å². The van der Waals surface area contributed by atoms with Gasteiger partial charge in [-0.15, -0.1) is 0 Å². The standard InChI is InChI=1S/C14H21NO2/c1-2-3-4-6-13-8-10-14(11-9-13)7-5-12-15(16)17/h8-11H,2-7,12H2,1H3. The molecule has 0 atom stereocenters. The normalized spacial score (nSPS) is 10.4. The Morgan fingerprint density at radius 3 is 2.00 bits per heavy atom. The van der Waals surface area contributed by atoms with E-state index in [0.29, 0.717) is 6.42 Å². The van der Waals surface area contributed by atoms with Gasteiger partial charge in [-0.3, -0.25) is 10.1 Å². The SMILES string of the molecule is CCCCCc1ccc(CCC[N+](=O)[O-])cc1. The van der Waals surface area contributed by atoms with Gasteiger partial charge in [-0.2, -0.15) is 0 Å². The van der Waals surface area contributed by atoms with E-state index in [-0.39, 0.29) is 11.5 Å². The minimum absolute atomic E-state index is 0.0677. The van der Waals surface area contributed by atoms with Crippen LogP contribution in [0.1, 0.15) is 43.7 Å². The summed E-state index contributed by atoms with van der Waals surface area (Å²) in [5.41, 5.74) is 2.57. The highest BCUT2D eigenvalue weighted by Crippen LogP contribution is 2.10. The highest BCUT2D eigenvalue weighted by Gasteiger charge is 1.99. The molecule has 0 aliphatic heterocycles. The van der Waals surface area contributed by atoms with Crippen molar-refractivity contribution in [2.75, 3.05) is 6.54 Å². The molecule has 0 aliphatic carbocycles. The fourth-order valence-corrected chi connectivity index (χ4v) is 1.86. The van der Waals surface area contributed by atoms with Crippen LogP contribution in [-0.4, -0.2) is 11.5 Å². The molecule has 0 aromatic heterocycles. The van der Waals surface area contributed by atoms with E-state index < -0.39 is 0 Å². The highest BCUT2D eigenvalue weighted by molar-refractivity contribution is 5.22. The van der Waals surface area contributed by atoms with Crippen molar-refractivity contribution in [1.29, 1.82) is 0 Å². The van der Waals surface area contributed by atoms with E-state index in [1.807, 2.05) is 0 Å². The Morgan fingerprint density at radius 2 is 1.53 bits per heavy atom. The molecule has 94 valence electrons. The second-order valence-corrected chi connectivity index (χ2v) is 4.43. The van der Waals surface area contributed by atoms with Crippen molar-refractivity contribution < 1.29 is 4.92 Å². The first-order chi connectivity index (χ1) is 8.22. The third kappa shape index (κ3) is 6.05. The quantitative estimate of drug-likeness (QED) is 0.392. The van der Waals surface area contributed by atoms with E-state index in [1.54, 1.807) is 0 Å². The van der Waals surface area contributed by atoms with Gasteiger partial charge in [-0.05, 0) is 30.4 Å². The number of hydrogen-bond donors (Lipinski definition) is 0. The summed E-state index contributed by atoms with van der Waals surface area (Å²) in [6.07, 6.45) is 6.35. The van der Waals surface area contributed by atoms with E-state index >= 15 is 0 Å². The van der Waals surface area contributed by atoms with E-state index in [4.69, 9.17) is 0 Å². The Balaban J connectivity index is 2.31. The number of nitrogens with zero attached hydrogens (tertiary/aromatic N) is 1.